The molecule has 22 heavy (non-hydrogen) atoms. The fourth-order valence-electron chi connectivity index (χ4n) is 2.38. The van der Waals surface area contributed by atoms with E-state index in [4.69, 9.17) is 10.00 Å². The lowest BCUT2D eigenvalue weighted by atomic mass is 10.1. The fourth-order valence-corrected chi connectivity index (χ4v) is 2.38. The van der Waals surface area contributed by atoms with Crippen LogP contribution >= 0.6 is 0 Å². The minimum Gasteiger partial charge on any atom is -0.511 e. The lowest BCUT2D eigenvalue weighted by Gasteiger charge is -2.30. The maximum atomic E-state index is 11.9. The molecule has 2 N–H and O–H groups in total. The Morgan fingerprint density at radius 3 is 2.64 bits per heavy atom. The Bertz CT molecular complexity index is 637. The number of carbonyl (C=O) groups excluding carboxylic acids is 1. The second-order valence-corrected chi connectivity index (χ2v) is 5.13. The van der Waals surface area contributed by atoms with E-state index in [0.717, 1.165) is 24.3 Å². The predicted molar refractivity (Wildman–Crippen MR) is 83.8 cm³/mol. The summed E-state index contributed by atoms with van der Waals surface area (Å²) < 4.78 is 5.34. The van der Waals surface area contributed by atoms with Gasteiger partial charge in [0.25, 0.3) is 5.91 Å². The van der Waals surface area contributed by atoms with Gasteiger partial charge in [-0.3, -0.25) is 4.79 Å². The largest absolute Gasteiger partial charge is 0.511 e. The van der Waals surface area contributed by atoms with Crippen LogP contribution in [0.5, 0.6) is 0 Å². The summed E-state index contributed by atoms with van der Waals surface area (Å²) >= 11 is 0. The Hall–Kier alpha value is -2.52. The van der Waals surface area contributed by atoms with Crippen LogP contribution < -0.4 is 10.2 Å². The van der Waals surface area contributed by atoms with Gasteiger partial charge in [-0.25, -0.2) is 0 Å². The number of hydrogen-bond donors (Lipinski definition) is 2. The normalized spacial score (nSPS) is 15.8. The number of nitriles is 1. The summed E-state index contributed by atoms with van der Waals surface area (Å²) in [5.41, 5.74) is 2.45. The molecule has 0 saturated carbocycles. The monoisotopic (exact) mass is 301 g/mol. The lowest BCUT2D eigenvalue weighted by Crippen LogP contribution is -2.36. The molecule has 2 rings (SSSR count). The zero-order chi connectivity index (χ0) is 16.1. The van der Waals surface area contributed by atoms with E-state index < -0.39 is 5.91 Å². The van der Waals surface area contributed by atoms with Gasteiger partial charge in [-0.2, -0.15) is 5.26 Å². The summed E-state index contributed by atoms with van der Waals surface area (Å²) in [5.74, 6) is -0.900. The number of rotatable bonds is 3. The fraction of sp³-hybridized carbons (Fsp3) is 0.375. The molecule has 0 radical (unpaired) electrons. The molecule has 0 atom stereocenters. The van der Waals surface area contributed by atoms with Crippen LogP contribution in [-0.2, 0) is 9.53 Å². The van der Waals surface area contributed by atoms with Gasteiger partial charge in [0.05, 0.1) is 13.2 Å². The third-order valence-corrected chi connectivity index (χ3v) is 3.51. The zero-order valence-electron chi connectivity index (χ0n) is 12.7. The van der Waals surface area contributed by atoms with Crippen molar-refractivity contribution in [2.24, 2.45) is 0 Å². The first-order valence-electron chi connectivity index (χ1n) is 7.07. The van der Waals surface area contributed by atoms with Crippen LogP contribution in [0.15, 0.2) is 29.5 Å². The van der Waals surface area contributed by atoms with Crippen molar-refractivity contribution in [2.75, 3.05) is 36.5 Å². The number of nitrogens with one attached hydrogen (secondary N) is 1. The van der Waals surface area contributed by atoms with Crippen LogP contribution in [0.3, 0.4) is 0 Å². The lowest BCUT2D eigenvalue weighted by molar-refractivity contribution is -0.112. The third kappa shape index (κ3) is 3.57. The number of nitrogens with zero attached hydrogens (tertiary/aromatic N) is 2. The zero-order valence-corrected chi connectivity index (χ0v) is 12.7. The summed E-state index contributed by atoms with van der Waals surface area (Å²) in [4.78, 5) is 14.1. The average Bonchev–Trinajstić information content (AvgIpc) is 2.48. The quantitative estimate of drug-likeness (QED) is 0.507. The SMILES string of the molecule is C/C(O)=C(\C#N)C(=O)Nc1ccc(N2CCOCC2)c(C)c1. The molecule has 0 bridgehead atoms. The molecule has 1 aromatic carbocycles. The van der Waals surface area contributed by atoms with Crippen molar-refractivity contribution < 1.29 is 14.6 Å². The Kier molecular flexibility index (Phi) is 5.02. The van der Waals surface area contributed by atoms with Gasteiger partial charge in [0, 0.05) is 24.5 Å². The number of hydrogen-bond acceptors (Lipinski definition) is 5. The summed E-state index contributed by atoms with van der Waals surface area (Å²) in [6.07, 6.45) is 0. The smallest absolute Gasteiger partial charge is 0.269 e. The molecule has 0 spiro atoms. The summed E-state index contributed by atoms with van der Waals surface area (Å²) in [6, 6.07) is 7.28. The van der Waals surface area contributed by atoms with E-state index >= 15 is 0 Å². The van der Waals surface area contributed by atoms with Crippen LogP contribution in [-0.4, -0.2) is 37.3 Å². The minimum atomic E-state index is -0.610. The van der Waals surface area contributed by atoms with E-state index in [9.17, 15) is 9.90 Å². The second kappa shape index (κ2) is 6.96. The van der Waals surface area contributed by atoms with E-state index in [-0.39, 0.29) is 11.3 Å². The highest BCUT2D eigenvalue weighted by molar-refractivity contribution is 6.06. The van der Waals surface area contributed by atoms with Crippen LogP contribution in [0.2, 0.25) is 0 Å². The first-order chi connectivity index (χ1) is 10.5. The molecule has 0 aromatic heterocycles. The number of ether oxygens (including phenoxy) is 1. The molecule has 1 amide bonds. The standard InChI is InChI=1S/C16H19N3O3/c1-11-9-13(18-16(21)14(10-17)12(2)20)3-4-15(11)19-5-7-22-8-6-19/h3-4,9,20H,5-8H2,1-2H3,(H,18,21)/b14-12-. The van der Waals surface area contributed by atoms with Gasteiger partial charge in [-0.1, -0.05) is 0 Å². The number of allylic oxidation sites excluding steroid dienone is 1. The molecule has 1 aromatic rings. The van der Waals surface area contributed by atoms with E-state index in [2.05, 4.69) is 10.2 Å². The van der Waals surface area contributed by atoms with Crippen LogP contribution in [0, 0.1) is 18.3 Å². The molecule has 0 unspecified atom stereocenters. The van der Waals surface area contributed by atoms with Crippen molar-refractivity contribution in [3.05, 3.63) is 35.1 Å². The summed E-state index contributed by atoms with van der Waals surface area (Å²) in [5, 5.41) is 20.8. The number of anilines is 2. The van der Waals surface area contributed by atoms with Gasteiger partial charge in [0.2, 0.25) is 0 Å². The van der Waals surface area contributed by atoms with E-state index in [1.807, 2.05) is 19.1 Å². The molecule has 6 heteroatoms. The van der Waals surface area contributed by atoms with Crippen molar-refractivity contribution in [1.29, 1.82) is 5.26 Å². The van der Waals surface area contributed by atoms with Crippen molar-refractivity contribution >= 4 is 17.3 Å². The van der Waals surface area contributed by atoms with Gasteiger partial charge >= 0.3 is 0 Å². The van der Waals surface area contributed by atoms with Crippen LogP contribution in [0.4, 0.5) is 11.4 Å². The maximum absolute atomic E-state index is 11.9. The Balaban J connectivity index is 2.14. The van der Waals surface area contributed by atoms with Gasteiger partial charge < -0.3 is 20.1 Å². The molecule has 1 heterocycles. The second-order valence-electron chi connectivity index (χ2n) is 5.13. The van der Waals surface area contributed by atoms with Crippen molar-refractivity contribution in [1.82, 2.24) is 0 Å². The van der Waals surface area contributed by atoms with Crippen molar-refractivity contribution in [2.45, 2.75) is 13.8 Å². The first-order valence-corrected chi connectivity index (χ1v) is 7.07. The number of aliphatic hydroxyl groups excluding tert-OH is 1. The molecule has 1 aliphatic heterocycles. The molecular weight excluding hydrogens is 282 g/mol. The van der Waals surface area contributed by atoms with Crippen LogP contribution in [0.1, 0.15) is 12.5 Å². The molecule has 116 valence electrons. The van der Waals surface area contributed by atoms with E-state index in [1.54, 1.807) is 12.1 Å². The van der Waals surface area contributed by atoms with Gasteiger partial charge in [-0.15, -0.1) is 0 Å². The van der Waals surface area contributed by atoms with Crippen molar-refractivity contribution in [3.8, 4) is 6.07 Å². The molecule has 1 aliphatic rings. The highest BCUT2D eigenvalue weighted by Crippen LogP contribution is 2.24. The Morgan fingerprint density at radius 1 is 1.41 bits per heavy atom. The van der Waals surface area contributed by atoms with E-state index in [1.165, 1.54) is 6.92 Å². The number of amides is 1. The topological polar surface area (TPSA) is 85.6 Å². The van der Waals surface area contributed by atoms with Crippen LogP contribution in [0.25, 0.3) is 0 Å². The highest BCUT2D eigenvalue weighted by Gasteiger charge is 2.15. The number of aliphatic hydroxyl groups is 1. The Labute approximate surface area is 129 Å². The molecule has 0 aliphatic carbocycles. The summed E-state index contributed by atoms with van der Waals surface area (Å²) in [7, 11) is 0. The van der Waals surface area contributed by atoms with Crippen molar-refractivity contribution in [3.63, 3.8) is 0 Å². The van der Waals surface area contributed by atoms with Gasteiger partial charge in [0.15, 0.2) is 5.57 Å². The predicted octanol–water partition coefficient (Wildman–Crippen LogP) is 2.13. The average molecular weight is 301 g/mol. The summed E-state index contributed by atoms with van der Waals surface area (Å²) in [6.45, 7) is 6.40. The molecular formula is C16H19N3O3. The highest BCUT2D eigenvalue weighted by atomic mass is 16.5. The third-order valence-electron chi connectivity index (χ3n) is 3.51. The van der Waals surface area contributed by atoms with Gasteiger partial charge in [0.1, 0.15) is 11.8 Å². The maximum Gasteiger partial charge on any atom is 0.269 e. The minimum absolute atomic E-state index is 0.282. The number of carbonyl (C=O) groups is 1. The number of aryl methyl sites for hydroxylation is 1. The number of benzene rings is 1. The molecule has 6 nitrogen and oxygen atoms in total. The van der Waals surface area contributed by atoms with E-state index in [0.29, 0.717) is 18.9 Å². The van der Waals surface area contributed by atoms with Gasteiger partial charge in [-0.05, 0) is 37.6 Å². The Morgan fingerprint density at radius 2 is 2.09 bits per heavy atom. The molecule has 1 fully saturated rings. The molecule has 1 saturated heterocycles. The first kappa shape index (κ1) is 15.9. The number of morpholine rings is 1.